The van der Waals surface area contributed by atoms with Crippen molar-refractivity contribution in [3.63, 3.8) is 0 Å². The van der Waals surface area contributed by atoms with E-state index in [2.05, 4.69) is 21.5 Å². The number of hydrogen-bond acceptors (Lipinski definition) is 5. The zero-order chi connectivity index (χ0) is 13.2. The zero-order valence-corrected chi connectivity index (χ0v) is 10.9. The number of tetrazole rings is 1. The monoisotopic (exact) mass is 259 g/mol. The number of benzene rings is 1. The standard InChI is InChI=1S/C13H17N5O/c1-18-16-13(15-17-18)8-19-12-7-3-4-9-10(12)5-2-6-11(9)14/h3-4,7,11H,2,5-6,8,14H2,1H3. The van der Waals surface area contributed by atoms with Gasteiger partial charge in [0, 0.05) is 6.04 Å². The van der Waals surface area contributed by atoms with E-state index in [4.69, 9.17) is 10.5 Å². The molecule has 0 fully saturated rings. The summed E-state index contributed by atoms with van der Waals surface area (Å²) in [6.07, 6.45) is 3.17. The lowest BCUT2D eigenvalue weighted by Crippen LogP contribution is -2.18. The number of rotatable bonds is 3. The van der Waals surface area contributed by atoms with Gasteiger partial charge in [-0.3, -0.25) is 0 Å². The Morgan fingerprint density at radius 3 is 3.16 bits per heavy atom. The normalized spacial score (nSPS) is 18.1. The molecule has 0 radical (unpaired) electrons. The molecule has 3 rings (SSSR count). The van der Waals surface area contributed by atoms with Crippen molar-refractivity contribution in [3.8, 4) is 5.75 Å². The third kappa shape index (κ3) is 2.44. The van der Waals surface area contributed by atoms with Gasteiger partial charge in [0.15, 0.2) is 6.61 Å². The average Bonchev–Trinajstić information content (AvgIpc) is 2.83. The van der Waals surface area contributed by atoms with E-state index in [0.29, 0.717) is 12.4 Å². The van der Waals surface area contributed by atoms with E-state index < -0.39 is 0 Å². The van der Waals surface area contributed by atoms with Crippen molar-refractivity contribution in [2.24, 2.45) is 12.8 Å². The number of fused-ring (bicyclic) bond motifs is 1. The fraction of sp³-hybridized carbons (Fsp3) is 0.462. The van der Waals surface area contributed by atoms with Crippen molar-refractivity contribution < 1.29 is 4.74 Å². The minimum atomic E-state index is 0.127. The second kappa shape index (κ2) is 4.97. The van der Waals surface area contributed by atoms with E-state index in [1.807, 2.05) is 12.1 Å². The minimum absolute atomic E-state index is 0.127. The van der Waals surface area contributed by atoms with Crippen LogP contribution in [0.4, 0.5) is 0 Å². The summed E-state index contributed by atoms with van der Waals surface area (Å²) in [4.78, 5) is 1.43. The molecule has 0 amide bonds. The molecule has 1 aromatic heterocycles. The van der Waals surface area contributed by atoms with Crippen LogP contribution in [0.1, 0.15) is 35.8 Å². The first kappa shape index (κ1) is 12.1. The topological polar surface area (TPSA) is 78.8 Å². The van der Waals surface area contributed by atoms with Crippen molar-refractivity contribution in [1.82, 2.24) is 20.2 Å². The highest BCUT2D eigenvalue weighted by Crippen LogP contribution is 2.34. The summed E-state index contributed by atoms with van der Waals surface area (Å²) in [6.45, 7) is 0.333. The average molecular weight is 259 g/mol. The highest BCUT2D eigenvalue weighted by Gasteiger charge is 2.20. The number of aromatic nitrogens is 4. The Kier molecular flexibility index (Phi) is 3.16. The third-order valence-electron chi connectivity index (χ3n) is 3.42. The quantitative estimate of drug-likeness (QED) is 0.893. The molecule has 0 saturated heterocycles. The predicted molar refractivity (Wildman–Crippen MR) is 69.4 cm³/mol. The predicted octanol–water partition coefficient (Wildman–Crippen LogP) is 1.13. The molecule has 2 aromatic rings. The Bertz CT molecular complexity index is 580. The molecule has 0 bridgehead atoms. The van der Waals surface area contributed by atoms with Crippen LogP contribution in [0.15, 0.2) is 18.2 Å². The van der Waals surface area contributed by atoms with Gasteiger partial charge in [0.05, 0.1) is 7.05 Å². The lowest BCUT2D eigenvalue weighted by atomic mass is 9.88. The molecular formula is C13H17N5O. The largest absolute Gasteiger partial charge is 0.485 e. The summed E-state index contributed by atoms with van der Waals surface area (Å²) in [5.41, 5.74) is 8.56. The van der Waals surface area contributed by atoms with Crippen LogP contribution in [0.25, 0.3) is 0 Å². The van der Waals surface area contributed by atoms with Crippen LogP contribution in [0, 0.1) is 0 Å². The molecule has 6 heteroatoms. The van der Waals surface area contributed by atoms with Gasteiger partial charge >= 0.3 is 0 Å². The van der Waals surface area contributed by atoms with E-state index in [1.165, 1.54) is 15.9 Å². The molecule has 1 aliphatic rings. The van der Waals surface area contributed by atoms with Gasteiger partial charge in [0.25, 0.3) is 0 Å². The second-order valence-corrected chi connectivity index (χ2v) is 4.81. The lowest BCUT2D eigenvalue weighted by molar-refractivity contribution is 0.290. The molecule has 1 unspecified atom stereocenters. The number of nitrogens with two attached hydrogens (primary N) is 1. The van der Waals surface area contributed by atoms with Crippen LogP contribution in [-0.2, 0) is 20.1 Å². The Hall–Kier alpha value is -1.95. The Morgan fingerprint density at radius 1 is 1.47 bits per heavy atom. The van der Waals surface area contributed by atoms with Crippen LogP contribution in [0.3, 0.4) is 0 Å². The first-order valence-corrected chi connectivity index (χ1v) is 6.47. The molecule has 1 atom stereocenters. The Balaban J connectivity index is 1.79. The van der Waals surface area contributed by atoms with Gasteiger partial charge in [-0.2, -0.15) is 4.80 Å². The maximum absolute atomic E-state index is 6.13. The van der Waals surface area contributed by atoms with Gasteiger partial charge in [-0.05, 0) is 41.7 Å². The summed E-state index contributed by atoms with van der Waals surface area (Å²) in [5.74, 6) is 1.47. The smallest absolute Gasteiger partial charge is 0.212 e. The zero-order valence-electron chi connectivity index (χ0n) is 10.9. The first-order valence-electron chi connectivity index (χ1n) is 6.47. The second-order valence-electron chi connectivity index (χ2n) is 4.81. The van der Waals surface area contributed by atoms with Crippen LogP contribution < -0.4 is 10.5 Å². The van der Waals surface area contributed by atoms with E-state index in [1.54, 1.807) is 7.05 Å². The van der Waals surface area contributed by atoms with Crippen molar-refractivity contribution in [2.75, 3.05) is 0 Å². The van der Waals surface area contributed by atoms with Gasteiger partial charge < -0.3 is 10.5 Å². The molecule has 1 aromatic carbocycles. The van der Waals surface area contributed by atoms with E-state index >= 15 is 0 Å². The van der Waals surface area contributed by atoms with Gasteiger partial charge in [-0.1, -0.05) is 12.1 Å². The SMILES string of the molecule is Cn1nnc(COc2cccc3c2CCCC3N)n1. The van der Waals surface area contributed by atoms with Crippen molar-refractivity contribution in [2.45, 2.75) is 31.9 Å². The van der Waals surface area contributed by atoms with Crippen LogP contribution in [-0.4, -0.2) is 20.2 Å². The summed E-state index contributed by atoms with van der Waals surface area (Å²) in [6, 6.07) is 6.19. The van der Waals surface area contributed by atoms with E-state index in [9.17, 15) is 0 Å². The maximum Gasteiger partial charge on any atom is 0.212 e. The third-order valence-corrected chi connectivity index (χ3v) is 3.42. The van der Waals surface area contributed by atoms with Crippen LogP contribution in [0.5, 0.6) is 5.75 Å². The van der Waals surface area contributed by atoms with Gasteiger partial charge in [-0.15, -0.1) is 10.2 Å². The number of ether oxygens (including phenoxy) is 1. The number of nitrogens with zero attached hydrogens (tertiary/aromatic N) is 4. The molecule has 19 heavy (non-hydrogen) atoms. The van der Waals surface area contributed by atoms with Gasteiger partial charge in [-0.25, -0.2) is 0 Å². The van der Waals surface area contributed by atoms with Crippen molar-refractivity contribution >= 4 is 0 Å². The minimum Gasteiger partial charge on any atom is -0.485 e. The van der Waals surface area contributed by atoms with Crippen molar-refractivity contribution in [1.29, 1.82) is 0 Å². The lowest BCUT2D eigenvalue weighted by Gasteiger charge is -2.24. The summed E-state index contributed by atoms with van der Waals surface area (Å²) in [7, 11) is 1.74. The Labute approximate surface area is 111 Å². The number of aryl methyl sites for hydroxylation is 1. The molecule has 0 saturated carbocycles. The highest BCUT2D eigenvalue weighted by atomic mass is 16.5. The summed E-state index contributed by atoms with van der Waals surface area (Å²) < 4.78 is 5.82. The summed E-state index contributed by atoms with van der Waals surface area (Å²) in [5, 5.41) is 11.8. The molecule has 0 aliphatic heterocycles. The molecule has 1 heterocycles. The highest BCUT2D eigenvalue weighted by molar-refractivity contribution is 5.43. The molecule has 6 nitrogen and oxygen atoms in total. The van der Waals surface area contributed by atoms with Gasteiger partial charge in [0.1, 0.15) is 5.75 Å². The van der Waals surface area contributed by atoms with Gasteiger partial charge in [0.2, 0.25) is 5.82 Å². The molecule has 1 aliphatic carbocycles. The molecule has 100 valence electrons. The van der Waals surface area contributed by atoms with Crippen LogP contribution in [0.2, 0.25) is 0 Å². The van der Waals surface area contributed by atoms with E-state index in [0.717, 1.165) is 25.0 Å². The maximum atomic E-state index is 6.13. The molecule has 0 spiro atoms. The van der Waals surface area contributed by atoms with Crippen LogP contribution >= 0.6 is 0 Å². The van der Waals surface area contributed by atoms with Crippen molar-refractivity contribution in [3.05, 3.63) is 35.2 Å². The fourth-order valence-corrected chi connectivity index (χ4v) is 2.51. The fourth-order valence-electron chi connectivity index (χ4n) is 2.51. The molecule has 2 N–H and O–H groups in total. The first-order chi connectivity index (χ1) is 9.24. The Morgan fingerprint density at radius 2 is 2.37 bits per heavy atom. The molecular weight excluding hydrogens is 242 g/mol. The number of hydrogen-bond donors (Lipinski definition) is 1. The van der Waals surface area contributed by atoms with E-state index in [-0.39, 0.29) is 6.04 Å². The summed E-state index contributed by atoms with van der Waals surface area (Å²) >= 11 is 0.